The second kappa shape index (κ2) is 33.5. The van der Waals surface area contributed by atoms with Crippen LogP contribution in [-0.2, 0) is 82.1 Å². The van der Waals surface area contributed by atoms with E-state index >= 15 is 0 Å². The van der Waals surface area contributed by atoms with Crippen molar-refractivity contribution in [3.05, 3.63) is 158 Å². The second-order valence-corrected chi connectivity index (χ2v) is 22.8. The number of non-ortho nitro benzene ring substituents is 1. The van der Waals surface area contributed by atoms with Crippen molar-refractivity contribution in [3.63, 3.8) is 0 Å². The van der Waals surface area contributed by atoms with E-state index in [9.17, 15) is 58.4 Å². The van der Waals surface area contributed by atoms with Crippen molar-refractivity contribution in [2.45, 2.75) is 154 Å². The summed E-state index contributed by atoms with van der Waals surface area (Å²) < 4.78 is 10.9. The molecule has 1 unspecified atom stereocenters. The number of carbonyl (C=O) groups is 9. The molecule has 472 valence electrons. The monoisotopic (exact) mass is 1240 g/mol. The average Bonchev–Trinajstić information content (AvgIpc) is 1.02. The lowest BCUT2D eigenvalue weighted by molar-refractivity contribution is -0.384. The van der Waals surface area contributed by atoms with Crippen LogP contribution in [-0.4, -0.2) is 128 Å². The number of esters is 2. The highest BCUT2D eigenvalue weighted by Gasteiger charge is 2.54. The highest BCUT2D eigenvalue weighted by Crippen LogP contribution is 2.39. The number of aliphatic hydroxyl groups is 1. The van der Waals surface area contributed by atoms with Crippen molar-refractivity contribution in [1.29, 1.82) is 0 Å². The van der Waals surface area contributed by atoms with Crippen molar-refractivity contribution < 1.29 is 72.3 Å². The fourth-order valence-electron chi connectivity index (χ4n) is 9.53. The number of β-lactam (4-membered cyclic amide) rings is 1. The van der Waals surface area contributed by atoms with Crippen LogP contribution in [0.5, 0.6) is 0 Å². The number of hydroxylamine groups is 4. The molecule has 5 N–H and O–H groups in total. The largest absolute Gasteiger partial charge is 0.458 e. The molecule has 24 nitrogen and oxygen atoms in total. The number of ether oxygens (including phenoxy) is 2. The van der Waals surface area contributed by atoms with E-state index < -0.39 is 94.5 Å². The van der Waals surface area contributed by atoms with Gasteiger partial charge in [0, 0.05) is 63.1 Å². The highest BCUT2D eigenvalue weighted by atomic mass is 35.5. The molecule has 1 fully saturated rings. The molecule has 0 aliphatic carbocycles. The van der Waals surface area contributed by atoms with Gasteiger partial charge in [0.25, 0.3) is 11.6 Å². The third kappa shape index (κ3) is 21.4. The van der Waals surface area contributed by atoms with Gasteiger partial charge < -0.3 is 35.8 Å². The summed E-state index contributed by atoms with van der Waals surface area (Å²) in [5, 5.41) is 36.0. The quantitative estimate of drug-likeness (QED) is 0.0108. The number of allylic oxidation sites excluding steroid dienone is 1. The first-order valence-corrected chi connectivity index (χ1v) is 29.6. The second-order valence-electron chi connectivity index (χ2n) is 22.3. The van der Waals surface area contributed by atoms with Crippen molar-refractivity contribution in [1.82, 2.24) is 36.3 Å². The number of carbonyl (C=O) groups excluding carboxylic acids is 9. The molecular weight excluding hydrogens is 1160 g/mol. The summed E-state index contributed by atoms with van der Waals surface area (Å²) in [5.74, 6) is -6.19. The molecule has 4 aromatic rings. The van der Waals surface area contributed by atoms with Gasteiger partial charge in [0.2, 0.25) is 35.4 Å². The number of rotatable bonds is 34. The van der Waals surface area contributed by atoms with Gasteiger partial charge in [0.05, 0.1) is 23.8 Å². The van der Waals surface area contributed by atoms with Gasteiger partial charge in [-0.05, 0) is 107 Å². The number of amides is 7. The topological polar surface area (TPSA) is 312 Å². The molecule has 25 heteroatoms. The Bertz CT molecular complexity index is 3090. The Morgan fingerprint density at radius 1 is 0.705 bits per heavy atom. The van der Waals surface area contributed by atoms with Crippen LogP contribution in [0.4, 0.5) is 5.69 Å². The number of nitrogens with one attached hydrogen (secondary N) is 4. The Kier molecular flexibility index (Phi) is 26.1. The number of benzene rings is 4. The van der Waals surface area contributed by atoms with E-state index in [1.165, 1.54) is 41.2 Å². The molecule has 2 aliphatic rings. The molecule has 4 atom stereocenters. The van der Waals surface area contributed by atoms with Crippen molar-refractivity contribution in [2.75, 3.05) is 26.2 Å². The lowest BCUT2D eigenvalue weighted by atomic mass is 9.86. The molecule has 4 aromatic carbocycles. The highest BCUT2D eigenvalue weighted by molar-refractivity contribution is 6.32. The normalized spacial score (nSPS) is 15.5. The number of nitro groups is 1. The zero-order chi connectivity index (χ0) is 63.8. The number of halogens is 1. The summed E-state index contributed by atoms with van der Waals surface area (Å²) in [5.41, 5.74) is -1.31. The van der Waals surface area contributed by atoms with Crippen LogP contribution in [0.15, 0.2) is 126 Å². The molecule has 2 aliphatic heterocycles. The first-order chi connectivity index (χ1) is 42.0. The Morgan fingerprint density at radius 2 is 1.23 bits per heavy atom. The molecule has 7 amide bonds. The van der Waals surface area contributed by atoms with Gasteiger partial charge in [-0.25, -0.2) is 19.7 Å². The van der Waals surface area contributed by atoms with E-state index in [0.717, 1.165) is 16.2 Å². The van der Waals surface area contributed by atoms with E-state index in [1.807, 2.05) is 60.7 Å². The predicted octanol–water partition coefficient (Wildman–Crippen LogP) is 6.58. The third-order valence-corrected chi connectivity index (χ3v) is 14.5. The number of hydrogen-bond acceptors (Lipinski definition) is 16. The predicted molar refractivity (Wildman–Crippen MR) is 319 cm³/mol. The minimum Gasteiger partial charge on any atom is -0.458 e. The number of nitrogens with zero attached hydrogens (tertiary/aromatic N) is 4. The first kappa shape index (κ1) is 68.5. The molecule has 0 saturated carbocycles. The van der Waals surface area contributed by atoms with Gasteiger partial charge in [0.15, 0.2) is 5.60 Å². The number of fused-ring (bicyclic) bond motifs is 1. The van der Waals surface area contributed by atoms with Crippen LogP contribution in [0.2, 0.25) is 0 Å². The van der Waals surface area contributed by atoms with Gasteiger partial charge in [-0.3, -0.25) is 58.3 Å². The third-order valence-electron chi connectivity index (χ3n) is 14.1. The van der Waals surface area contributed by atoms with Crippen molar-refractivity contribution >= 4 is 70.6 Å². The van der Waals surface area contributed by atoms with Gasteiger partial charge in [0.1, 0.15) is 43.2 Å². The van der Waals surface area contributed by atoms with Crippen LogP contribution in [0, 0.1) is 10.1 Å². The van der Waals surface area contributed by atoms with E-state index in [1.54, 1.807) is 51.1 Å². The van der Waals surface area contributed by atoms with E-state index in [-0.39, 0.29) is 81.0 Å². The summed E-state index contributed by atoms with van der Waals surface area (Å²) in [6, 6.07) is 29.2. The number of nitro benzene ring substituents is 1. The van der Waals surface area contributed by atoms with Crippen LogP contribution < -0.4 is 21.3 Å². The summed E-state index contributed by atoms with van der Waals surface area (Å²) in [6.07, 6.45) is 1.32. The van der Waals surface area contributed by atoms with Crippen molar-refractivity contribution in [3.8, 4) is 0 Å². The SMILES string of the molecule is CC(=O)N(CCCCCNC(=O)CC(O)(CC(=O)NCCCCCN(OCc1ccccc1)C(=O)CCC(=O)N[C@@H](C(=O)N[C@@H]1C(=O)N2C(C(=O)OCc3ccc([N+](=O)[O-])cc3)=C(Cl)CC[C@H]12)c1ccccc1)C(=O)OC(C)(C)C)OCc1ccccc1. The van der Waals surface area contributed by atoms with Crippen LogP contribution in [0.25, 0.3) is 0 Å². The molecule has 1 saturated heterocycles. The standard InChI is InChI=1S/C63H77ClN8O16/c1-43(73)69(86-41-44-20-10-5-11-21-44)36-18-8-16-34-65-52(75)38-63(82,61(81)88-62(2,3)4)39-53(76)66-35-17-9-19-37-70(87-42-45-22-12-6-13-23-45)54(77)33-32-51(74)67-55(47-24-14-7-15-25-47)58(78)68-56-50-31-30-49(64)57(71(50)59(56)79)60(80)85-40-46-26-28-48(29-27-46)72(83)84/h5-7,10-15,20-29,50,55-56,82H,8-9,16-19,30-42H2,1-4H3,(H,65,75)(H,66,76)(H,67,74)(H,68,78)/t50-,55-,56+,63?/m1/s1. The average molecular weight is 1240 g/mol. The van der Waals surface area contributed by atoms with Crippen LogP contribution in [0.1, 0.15) is 133 Å². The Hall–Kier alpha value is -8.58. The maximum atomic E-state index is 14.1. The molecule has 0 bridgehead atoms. The maximum Gasteiger partial charge on any atom is 0.356 e. The smallest absolute Gasteiger partial charge is 0.356 e. The van der Waals surface area contributed by atoms with E-state index in [4.69, 9.17) is 30.7 Å². The number of unbranched alkanes of at least 4 members (excludes halogenated alkanes) is 4. The van der Waals surface area contributed by atoms with Gasteiger partial charge in [-0.15, -0.1) is 0 Å². The fourth-order valence-corrected chi connectivity index (χ4v) is 9.81. The van der Waals surface area contributed by atoms with E-state index in [2.05, 4.69) is 21.3 Å². The lowest BCUT2D eigenvalue weighted by Gasteiger charge is -2.50. The minimum atomic E-state index is -2.49. The van der Waals surface area contributed by atoms with Crippen molar-refractivity contribution in [2.24, 2.45) is 0 Å². The summed E-state index contributed by atoms with van der Waals surface area (Å²) in [7, 11) is 0. The van der Waals surface area contributed by atoms with Gasteiger partial charge in [-0.1, -0.05) is 103 Å². The maximum absolute atomic E-state index is 14.1. The summed E-state index contributed by atoms with van der Waals surface area (Å²) >= 11 is 6.46. The zero-order valence-electron chi connectivity index (χ0n) is 49.9. The molecule has 0 radical (unpaired) electrons. The van der Waals surface area contributed by atoms with Gasteiger partial charge in [-0.2, -0.15) is 0 Å². The first-order valence-electron chi connectivity index (χ1n) is 29.2. The van der Waals surface area contributed by atoms with Crippen LogP contribution in [0.3, 0.4) is 0 Å². The summed E-state index contributed by atoms with van der Waals surface area (Å²) in [4.78, 5) is 144. The Morgan fingerprint density at radius 3 is 1.76 bits per heavy atom. The molecular formula is C63H77ClN8O16. The van der Waals surface area contributed by atoms with Gasteiger partial charge >= 0.3 is 11.9 Å². The molecule has 2 heterocycles. The summed E-state index contributed by atoms with van der Waals surface area (Å²) in [6.45, 7) is 6.96. The Labute approximate surface area is 515 Å². The van der Waals surface area contributed by atoms with Crippen LogP contribution >= 0.6 is 11.6 Å². The lowest BCUT2D eigenvalue weighted by Crippen LogP contribution is -2.72. The molecule has 0 spiro atoms. The molecule has 6 rings (SSSR count). The zero-order valence-corrected chi connectivity index (χ0v) is 50.6. The molecule has 88 heavy (non-hydrogen) atoms. The molecule has 0 aromatic heterocycles. The fraction of sp³-hybridized carbons (Fsp3) is 0.444. The van der Waals surface area contributed by atoms with E-state index in [0.29, 0.717) is 62.6 Å². The minimum absolute atomic E-state index is 0.0294. The Balaban J connectivity index is 0.959. The number of hydrogen-bond donors (Lipinski definition) is 5.